The number of benzene rings is 1. The number of fused-ring (bicyclic) bond motifs is 1. The van der Waals surface area contributed by atoms with Crippen molar-refractivity contribution in [3.63, 3.8) is 0 Å². The molecule has 2 fully saturated rings. The number of carbonyl (C=O) groups is 2. The summed E-state index contributed by atoms with van der Waals surface area (Å²) in [6, 6.07) is 5.08. The molecule has 1 aromatic carbocycles. The van der Waals surface area contributed by atoms with E-state index in [1.165, 1.54) is 13.2 Å². The number of aromatic nitrogens is 2. The van der Waals surface area contributed by atoms with Gasteiger partial charge >= 0.3 is 5.92 Å². The lowest BCUT2D eigenvalue weighted by molar-refractivity contribution is -0.140. The van der Waals surface area contributed by atoms with E-state index in [2.05, 4.69) is 25.9 Å². The molecule has 1 aromatic heterocycles. The summed E-state index contributed by atoms with van der Waals surface area (Å²) in [5.41, 5.74) is 1.25. The Kier molecular flexibility index (Phi) is 7.83. The molecule has 0 radical (unpaired) electrons. The molecule has 0 atom stereocenters. The molecule has 2 aliphatic heterocycles. The van der Waals surface area contributed by atoms with Crippen molar-refractivity contribution >= 4 is 35.0 Å². The molecule has 12 heteroatoms. The number of piperidine rings is 1. The van der Waals surface area contributed by atoms with Gasteiger partial charge in [0.2, 0.25) is 5.95 Å². The summed E-state index contributed by atoms with van der Waals surface area (Å²) in [5.74, 6) is -4.07. The molecule has 3 heterocycles. The van der Waals surface area contributed by atoms with Gasteiger partial charge in [-0.3, -0.25) is 9.59 Å². The fourth-order valence-corrected chi connectivity index (χ4v) is 5.50. The van der Waals surface area contributed by atoms with Gasteiger partial charge in [-0.05, 0) is 63.9 Å². The smallest absolute Gasteiger partial charge is 0.342 e. The van der Waals surface area contributed by atoms with E-state index in [1.54, 1.807) is 23.1 Å². The quantitative estimate of drug-likeness (QED) is 0.487. The van der Waals surface area contributed by atoms with Crippen molar-refractivity contribution in [3.8, 4) is 5.75 Å². The average molecular weight is 544 g/mol. The first kappa shape index (κ1) is 27.0. The Morgan fingerprint density at radius 3 is 2.67 bits per heavy atom. The highest BCUT2D eigenvalue weighted by Crippen LogP contribution is 2.40. The van der Waals surface area contributed by atoms with E-state index in [9.17, 15) is 18.4 Å². The van der Waals surface area contributed by atoms with Crippen LogP contribution in [0.2, 0.25) is 0 Å². The predicted molar refractivity (Wildman–Crippen MR) is 144 cm³/mol. The van der Waals surface area contributed by atoms with Crippen molar-refractivity contribution in [2.75, 3.05) is 48.4 Å². The number of ether oxygens (including phenoxy) is 1. The van der Waals surface area contributed by atoms with Crippen molar-refractivity contribution in [2.45, 2.75) is 63.5 Å². The van der Waals surface area contributed by atoms with Crippen LogP contribution in [0.1, 0.15) is 55.8 Å². The molecular formula is C27H35F2N7O3. The average Bonchev–Trinajstić information content (AvgIpc) is 3.45. The molecular weight excluding hydrogens is 508 g/mol. The van der Waals surface area contributed by atoms with Crippen LogP contribution in [-0.2, 0) is 4.79 Å². The third-order valence-electron chi connectivity index (χ3n) is 7.60. The zero-order chi connectivity index (χ0) is 27.6. The van der Waals surface area contributed by atoms with Crippen molar-refractivity contribution in [3.05, 3.63) is 30.0 Å². The minimum Gasteiger partial charge on any atom is -0.492 e. The van der Waals surface area contributed by atoms with Crippen LogP contribution in [0.15, 0.2) is 24.4 Å². The van der Waals surface area contributed by atoms with Gasteiger partial charge in [0.25, 0.3) is 11.8 Å². The highest BCUT2D eigenvalue weighted by atomic mass is 19.3. The summed E-state index contributed by atoms with van der Waals surface area (Å²) < 4.78 is 35.5. The number of hydrogen-bond acceptors (Lipinski definition) is 8. The van der Waals surface area contributed by atoms with E-state index in [0.717, 1.165) is 56.5 Å². The highest BCUT2D eigenvalue weighted by molar-refractivity contribution is 6.02. The van der Waals surface area contributed by atoms with E-state index in [1.807, 2.05) is 6.92 Å². The molecule has 1 saturated heterocycles. The van der Waals surface area contributed by atoms with Gasteiger partial charge in [-0.25, -0.2) is 4.98 Å². The van der Waals surface area contributed by atoms with Gasteiger partial charge in [0.15, 0.2) is 5.82 Å². The molecule has 0 bridgehead atoms. The van der Waals surface area contributed by atoms with E-state index in [-0.39, 0.29) is 29.6 Å². The minimum absolute atomic E-state index is 0.125. The summed E-state index contributed by atoms with van der Waals surface area (Å²) in [7, 11) is 1.32. The second-order valence-corrected chi connectivity index (χ2v) is 10.3. The standard InChI is InChI=1S/C27H35F2N7O3/c1-3-39-22-14-17(24(37)32-18-10-12-30-13-11-18)8-9-20(22)33-26-31-15-21-23(34-26)36(19-6-4-5-7-19)16-27(28,29)25(38)35(21)2/h8-9,14-15,18-19,30H,3-7,10-13,16H2,1-2H3,(H,32,37)(H,31,33,34). The van der Waals surface area contributed by atoms with Crippen LogP contribution in [0.5, 0.6) is 5.75 Å². The Hall–Kier alpha value is -3.54. The lowest BCUT2D eigenvalue weighted by atomic mass is 10.1. The third-order valence-corrected chi connectivity index (χ3v) is 7.60. The Bertz CT molecular complexity index is 1220. The van der Waals surface area contributed by atoms with Gasteiger partial charge in [0.1, 0.15) is 11.4 Å². The van der Waals surface area contributed by atoms with Gasteiger partial charge in [0, 0.05) is 24.7 Å². The van der Waals surface area contributed by atoms with Gasteiger partial charge in [0.05, 0.1) is 25.0 Å². The number of halogens is 2. The van der Waals surface area contributed by atoms with Crippen LogP contribution in [0.4, 0.5) is 31.9 Å². The number of carbonyl (C=O) groups excluding carboxylic acids is 2. The van der Waals surface area contributed by atoms with E-state index in [4.69, 9.17) is 4.74 Å². The second kappa shape index (κ2) is 11.3. The molecule has 1 aliphatic carbocycles. The number of nitrogens with zero attached hydrogens (tertiary/aromatic N) is 4. The second-order valence-electron chi connectivity index (χ2n) is 10.3. The normalized spacial score (nSPS) is 19.9. The van der Waals surface area contributed by atoms with E-state index < -0.39 is 18.4 Å². The Morgan fingerprint density at radius 2 is 1.95 bits per heavy atom. The third kappa shape index (κ3) is 5.75. The Labute approximate surface area is 226 Å². The first-order chi connectivity index (χ1) is 18.8. The monoisotopic (exact) mass is 543 g/mol. The molecule has 10 nitrogen and oxygen atoms in total. The number of alkyl halides is 2. The molecule has 210 valence electrons. The summed E-state index contributed by atoms with van der Waals surface area (Å²) in [5, 5.41) is 9.49. The van der Waals surface area contributed by atoms with Crippen LogP contribution >= 0.6 is 0 Å². The summed E-state index contributed by atoms with van der Waals surface area (Å²) in [4.78, 5) is 36.8. The molecule has 2 amide bonds. The number of anilines is 4. The maximum Gasteiger partial charge on any atom is 0.342 e. The summed E-state index contributed by atoms with van der Waals surface area (Å²) in [6.07, 6.45) is 6.56. The van der Waals surface area contributed by atoms with Gasteiger partial charge in [-0.1, -0.05) is 12.8 Å². The van der Waals surface area contributed by atoms with Gasteiger partial charge < -0.3 is 30.5 Å². The summed E-state index contributed by atoms with van der Waals surface area (Å²) >= 11 is 0. The molecule has 0 spiro atoms. The highest BCUT2D eigenvalue weighted by Gasteiger charge is 2.48. The Morgan fingerprint density at radius 1 is 1.21 bits per heavy atom. The minimum atomic E-state index is -3.54. The number of nitrogens with one attached hydrogen (secondary N) is 3. The summed E-state index contributed by atoms with van der Waals surface area (Å²) in [6.45, 7) is 3.24. The fourth-order valence-electron chi connectivity index (χ4n) is 5.50. The maximum atomic E-state index is 14.9. The van der Waals surface area contributed by atoms with Crippen LogP contribution in [0.3, 0.4) is 0 Å². The number of amides is 2. The van der Waals surface area contributed by atoms with Gasteiger partial charge in [-0.15, -0.1) is 0 Å². The SMILES string of the molecule is CCOc1cc(C(=O)NC2CCNCC2)ccc1Nc1ncc2c(n1)N(C1CCCC1)CC(F)(F)C(=O)N2C. The first-order valence-corrected chi connectivity index (χ1v) is 13.6. The maximum absolute atomic E-state index is 14.9. The molecule has 1 saturated carbocycles. The zero-order valence-corrected chi connectivity index (χ0v) is 22.3. The Balaban J connectivity index is 1.42. The zero-order valence-electron chi connectivity index (χ0n) is 22.3. The van der Waals surface area contributed by atoms with Crippen molar-refractivity contribution in [1.29, 1.82) is 0 Å². The number of hydrogen-bond donors (Lipinski definition) is 3. The molecule has 2 aromatic rings. The van der Waals surface area contributed by atoms with Crippen LogP contribution in [-0.4, -0.2) is 73.1 Å². The first-order valence-electron chi connectivity index (χ1n) is 13.6. The molecule has 5 rings (SSSR count). The van der Waals surface area contributed by atoms with Crippen molar-refractivity contribution < 1.29 is 23.1 Å². The topological polar surface area (TPSA) is 112 Å². The largest absolute Gasteiger partial charge is 0.492 e. The van der Waals surface area contributed by atoms with Crippen molar-refractivity contribution in [2.24, 2.45) is 0 Å². The van der Waals surface area contributed by atoms with E-state index in [0.29, 0.717) is 29.4 Å². The van der Waals surface area contributed by atoms with Crippen molar-refractivity contribution in [1.82, 2.24) is 20.6 Å². The number of rotatable bonds is 7. The van der Waals surface area contributed by atoms with E-state index >= 15 is 0 Å². The van der Waals surface area contributed by atoms with Crippen LogP contribution in [0.25, 0.3) is 0 Å². The molecule has 39 heavy (non-hydrogen) atoms. The predicted octanol–water partition coefficient (Wildman–Crippen LogP) is 3.46. The van der Waals surface area contributed by atoms with Crippen LogP contribution in [0, 0.1) is 0 Å². The molecule has 0 unspecified atom stereocenters. The van der Waals surface area contributed by atoms with Crippen LogP contribution < -0.4 is 30.5 Å². The lowest BCUT2D eigenvalue weighted by Gasteiger charge is -2.31. The fraction of sp³-hybridized carbons (Fsp3) is 0.556. The molecule has 3 N–H and O–H groups in total. The lowest BCUT2D eigenvalue weighted by Crippen LogP contribution is -2.48. The van der Waals surface area contributed by atoms with Gasteiger partial charge in [-0.2, -0.15) is 13.8 Å². The molecule has 3 aliphatic rings.